The number of esters is 1. The number of aryl methyl sites for hydroxylation is 1. The van der Waals surface area contributed by atoms with E-state index in [9.17, 15) is 4.79 Å². The Labute approximate surface area is 108 Å². The van der Waals surface area contributed by atoms with Gasteiger partial charge in [-0.25, -0.2) is 4.98 Å². The molecule has 1 aromatic heterocycles. The molecule has 16 heavy (non-hydrogen) atoms. The van der Waals surface area contributed by atoms with Crippen molar-refractivity contribution in [2.45, 2.75) is 26.6 Å². The molecule has 88 valence electrons. The SMILES string of the molecule is [2H]c1nc(C)n(C)c1C([2H])([2H])[C@@]1([2H])C([2H])([2H])OC(=O)[C@@]1([2H])C([2H])([2H])C. The van der Waals surface area contributed by atoms with Crippen LogP contribution >= 0.6 is 0 Å². The van der Waals surface area contributed by atoms with Crippen molar-refractivity contribution in [3.8, 4) is 0 Å². The monoisotopic (exact) mass is 231 g/mol. The van der Waals surface area contributed by atoms with Crippen LogP contribution in [0.1, 0.15) is 37.2 Å². The number of hydrogen-bond acceptors (Lipinski definition) is 3. The number of aromatic nitrogens is 2. The van der Waals surface area contributed by atoms with Crippen molar-refractivity contribution in [3.63, 3.8) is 0 Å². The van der Waals surface area contributed by atoms with Gasteiger partial charge in [0.25, 0.3) is 0 Å². The summed E-state index contributed by atoms with van der Waals surface area (Å²) in [5.74, 6) is -8.04. The van der Waals surface area contributed by atoms with E-state index in [-0.39, 0.29) is 5.82 Å². The first-order chi connectivity index (χ1) is 11.0. The third-order valence-corrected chi connectivity index (χ3v) is 2.34. The highest BCUT2D eigenvalue weighted by Gasteiger charge is 2.35. The second-order valence-electron chi connectivity index (χ2n) is 3.30. The van der Waals surface area contributed by atoms with Crippen molar-refractivity contribution < 1.29 is 21.9 Å². The van der Waals surface area contributed by atoms with Crippen molar-refractivity contribution in [2.24, 2.45) is 18.8 Å². The quantitative estimate of drug-likeness (QED) is 0.740. The molecule has 0 amide bonds. The molecule has 4 heteroatoms. The summed E-state index contributed by atoms with van der Waals surface area (Å²) in [5, 5.41) is 0. The first-order valence-electron chi connectivity index (χ1n) is 9.20. The largest absolute Gasteiger partial charge is 0.465 e. The average molecular weight is 231 g/mol. The Bertz CT molecular complexity index is 742. The van der Waals surface area contributed by atoms with Crippen LogP contribution in [-0.2, 0) is 23.0 Å². The molecule has 4 nitrogen and oxygen atoms in total. The molecule has 1 saturated heterocycles. The summed E-state index contributed by atoms with van der Waals surface area (Å²) < 4.78 is 78.3. The van der Waals surface area contributed by atoms with Gasteiger partial charge in [-0.3, -0.25) is 4.79 Å². The molecule has 1 aliphatic heterocycles. The summed E-state index contributed by atoms with van der Waals surface area (Å²) in [6.07, 6.45) is -6.55. The van der Waals surface area contributed by atoms with Crippen LogP contribution < -0.4 is 0 Å². The lowest BCUT2D eigenvalue weighted by Gasteiger charge is -2.13. The van der Waals surface area contributed by atoms with Gasteiger partial charge < -0.3 is 9.30 Å². The second-order valence-corrected chi connectivity index (χ2v) is 3.30. The van der Waals surface area contributed by atoms with Gasteiger partial charge in [0.15, 0.2) is 0 Å². The molecule has 0 bridgehead atoms. The Balaban J connectivity index is 2.89. The molecular weight excluding hydrogens is 204 g/mol. The number of imidazole rings is 1. The summed E-state index contributed by atoms with van der Waals surface area (Å²) in [6, 6.07) is 0. The minimum Gasteiger partial charge on any atom is -0.465 e. The van der Waals surface area contributed by atoms with E-state index < -0.39 is 48.9 Å². The first-order valence-corrected chi connectivity index (χ1v) is 4.70. The van der Waals surface area contributed by atoms with Crippen molar-refractivity contribution >= 4 is 5.97 Å². The maximum absolute atomic E-state index is 12.2. The molecule has 1 fully saturated rings. The van der Waals surface area contributed by atoms with Gasteiger partial charge in [0.2, 0.25) is 0 Å². The van der Waals surface area contributed by atoms with Gasteiger partial charge in [0.05, 0.1) is 16.6 Å². The van der Waals surface area contributed by atoms with E-state index in [4.69, 9.17) is 12.3 Å². The molecule has 0 N–H and O–H groups in total. The summed E-state index contributed by atoms with van der Waals surface area (Å²) in [6.45, 7) is -1.06. The van der Waals surface area contributed by atoms with Gasteiger partial charge in [-0.15, -0.1) is 0 Å². The van der Waals surface area contributed by atoms with Crippen LogP contribution in [0.15, 0.2) is 6.17 Å². The Kier molecular flexibility index (Phi) is 1.21. The Morgan fingerprint density at radius 2 is 2.69 bits per heavy atom. The van der Waals surface area contributed by atoms with E-state index in [0.717, 1.165) is 11.5 Å². The van der Waals surface area contributed by atoms with Crippen molar-refractivity contribution in [2.75, 3.05) is 6.56 Å². The zero-order valence-corrected chi connectivity index (χ0v) is 9.21. The highest BCUT2D eigenvalue weighted by atomic mass is 16.5. The lowest BCUT2D eigenvalue weighted by molar-refractivity contribution is -0.141. The lowest BCUT2D eigenvalue weighted by atomic mass is 9.89. The van der Waals surface area contributed by atoms with E-state index in [0.29, 0.717) is 0 Å². The Morgan fingerprint density at radius 3 is 3.25 bits per heavy atom. The molecule has 0 aliphatic carbocycles. The van der Waals surface area contributed by atoms with Gasteiger partial charge in [-0.2, -0.15) is 0 Å². The molecule has 0 aromatic carbocycles. The highest BCUT2D eigenvalue weighted by molar-refractivity contribution is 5.74. The maximum atomic E-state index is 12.2. The zero-order chi connectivity index (χ0) is 19.8. The fraction of sp³-hybridized carbons (Fsp3) is 0.667. The minimum atomic E-state index is -3.35. The molecule has 2 rings (SSSR count). The summed E-state index contributed by atoms with van der Waals surface area (Å²) in [5.41, 5.74) is -0.539. The van der Waals surface area contributed by atoms with Gasteiger partial charge in [0.1, 0.15) is 5.82 Å². The number of rotatable bonds is 3. The number of hydrogen-bond donors (Lipinski definition) is 0. The van der Waals surface area contributed by atoms with Crippen LogP contribution in [0.4, 0.5) is 0 Å². The Morgan fingerprint density at radius 1 is 1.94 bits per heavy atom. The summed E-state index contributed by atoms with van der Waals surface area (Å²) in [4.78, 5) is 15.9. The Hall–Kier alpha value is -1.32. The second kappa shape index (κ2) is 4.28. The van der Waals surface area contributed by atoms with Crippen LogP contribution in [0.3, 0.4) is 0 Å². The molecule has 0 radical (unpaired) electrons. The van der Waals surface area contributed by atoms with E-state index in [1.54, 1.807) is 0 Å². The fourth-order valence-corrected chi connectivity index (χ4v) is 1.29. The predicted molar refractivity (Wildman–Crippen MR) is 59.9 cm³/mol. The topological polar surface area (TPSA) is 44.1 Å². The van der Waals surface area contributed by atoms with Crippen molar-refractivity contribution in [3.05, 3.63) is 17.7 Å². The number of carbonyl (C=O) groups excluding carboxylic acids is 1. The van der Waals surface area contributed by atoms with Crippen LogP contribution in [0.2, 0.25) is 0 Å². The molecule has 0 spiro atoms. The van der Waals surface area contributed by atoms with Crippen LogP contribution in [-0.4, -0.2) is 22.1 Å². The number of ether oxygens (including phenoxy) is 1. The van der Waals surface area contributed by atoms with Crippen LogP contribution in [0.5, 0.6) is 0 Å². The third-order valence-electron chi connectivity index (χ3n) is 2.34. The fourth-order valence-electron chi connectivity index (χ4n) is 1.29. The average Bonchev–Trinajstić information content (AvgIpc) is 2.75. The van der Waals surface area contributed by atoms with Gasteiger partial charge in [-0.05, 0) is 19.7 Å². The van der Waals surface area contributed by atoms with Crippen molar-refractivity contribution in [1.29, 1.82) is 0 Å². The lowest BCUT2D eigenvalue weighted by Crippen LogP contribution is -2.18. The minimum absolute atomic E-state index is 0.202. The van der Waals surface area contributed by atoms with Gasteiger partial charge >= 0.3 is 5.97 Å². The smallest absolute Gasteiger partial charge is 0.309 e. The predicted octanol–water partition coefficient (Wildman–Crippen LogP) is 1.47. The first kappa shape index (κ1) is 4.51. The standard InChI is InChI=1S/C12H18N2O2/c1-4-11-9(7-16-12(11)15)5-10-6-13-8(2)14(10)3/h6,9,11H,4-5,7H2,1-3H3/t9-,11-/m0/s1/i4D2,5D2,6D,7D2,9D,11D. The molecule has 2 atom stereocenters. The zero-order valence-electron chi connectivity index (χ0n) is 18.2. The number of nitrogens with zero attached hydrogens (tertiary/aromatic N) is 2. The van der Waals surface area contributed by atoms with Crippen LogP contribution in [0.25, 0.3) is 0 Å². The molecule has 2 heterocycles. The molecule has 0 saturated carbocycles. The summed E-state index contributed by atoms with van der Waals surface area (Å²) >= 11 is 0. The highest BCUT2D eigenvalue weighted by Crippen LogP contribution is 2.28. The number of cyclic esters (lactones) is 1. The van der Waals surface area contributed by atoms with Gasteiger partial charge in [0, 0.05) is 33.0 Å². The van der Waals surface area contributed by atoms with Crippen molar-refractivity contribution in [1.82, 2.24) is 9.55 Å². The van der Waals surface area contributed by atoms with E-state index in [1.807, 2.05) is 0 Å². The molecule has 1 aliphatic rings. The molecule has 0 unspecified atom stereocenters. The van der Waals surface area contributed by atoms with E-state index in [2.05, 4.69) is 9.72 Å². The summed E-state index contributed by atoms with van der Waals surface area (Å²) in [7, 11) is 1.34. The molecular formula is C12H18N2O2. The third kappa shape index (κ3) is 1.84. The van der Waals surface area contributed by atoms with E-state index >= 15 is 0 Å². The van der Waals surface area contributed by atoms with Gasteiger partial charge in [-0.1, -0.05) is 6.92 Å². The number of carbonyl (C=O) groups is 1. The normalized spacial score (nSPS) is 47.2. The van der Waals surface area contributed by atoms with E-state index in [1.165, 1.54) is 14.0 Å². The molecule has 1 aromatic rings. The maximum Gasteiger partial charge on any atom is 0.309 e. The van der Waals surface area contributed by atoms with Crippen LogP contribution in [0, 0.1) is 18.7 Å².